The van der Waals surface area contributed by atoms with Crippen molar-refractivity contribution >= 4 is 17.3 Å². The molecular formula is C17H16ClN3. The summed E-state index contributed by atoms with van der Waals surface area (Å²) in [6.45, 7) is 2.10. The summed E-state index contributed by atoms with van der Waals surface area (Å²) >= 11 is 6.00. The van der Waals surface area contributed by atoms with Gasteiger partial charge in [0.15, 0.2) is 0 Å². The van der Waals surface area contributed by atoms with Crippen LogP contribution in [0.4, 0.5) is 5.69 Å². The lowest BCUT2D eigenvalue weighted by Crippen LogP contribution is -2.05. The standard InChI is InChI=1S/C17H16ClN3/c1-13(20-16-7-5-6-15(18)10-16)14-11-19-21(12-14)17-8-3-2-4-9-17/h2-13,20H,1H3. The van der Waals surface area contributed by atoms with Crippen LogP contribution in [0, 0.1) is 0 Å². The normalized spacial score (nSPS) is 12.1. The molecule has 21 heavy (non-hydrogen) atoms. The number of aromatic nitrogens is 2. The molecule has 0 bridgehead atoms. The van der Waals surface area contributed by atoms with E-state index in [1.807, 2.05) is 71.7 Å². The minimum absolute atomic E-state index is 0.154. The first-order valence-electron chi connectivity index (χ1n) is 6.84. The van der Waals surface area contributed by atoms with Gasteiger partial charge in [-0.1, -0.05) is 35.9 Å². The Kier molecular flexibility index (Phi) is 3.93. The van der Waals surface area contributed by atoms with E-state index in [4.69, 9.17) is 11.6 Å². The SMILES string of the molecule is CC(Nc1cccc(Cl)c1)c1cnn(-c2ccccc2)c1. The molecule has 0 radical (unpaired) electrons. The van der Waals surface area contributed by atoms with Gasteiger partial charge in [-0.15, -0.1) is 0 Å². The van der Waals surface area contributed by atoms with E-state index in [9.17, 15) is 0 Å². The third-order valence-electron chi connectivity index (χ3n) is 3.33. The van der Waals surface area contributed by atoms with Gasteiger partial charge >= 0.3 is 0 Å². The highest BCUT2D eigenvalue weighted by atomic mass is 35.5. The van der Waals surface area contributed by atoms with Crippen LogP contribution in [0.15, 0.2) is 67.0 Å². The van der Waals surface area contributed by atoms with Crippen LogP contribution < -0.4 is 5.32 Å². The van der Waals surface area contributed by atoms with Crippen LogP contribution >= 0.6 is 11.6 Å². The molecule has 3 rings (SSSR count). The van der Waals surface area contributed by atoms with Crippen LogP contribution in [0.3, 0.4) is 0 Å². The first kappa shape index (κ1) is 13.7. The molecule has 1 atom stereocenters. The number of hydrogen-bond acceptors (Lipinski definition) is 2. The molecule has 2 aromatic carbocycles. The third kappa shape index (κ3) is 3.26. The average molecular weight is 298 g/mol. The molecular weight excluding hydrogens is 282 g/mol. The van der Waals surface area contributed by atoms with Crippen molar-refractivity contribution < 1.29 is 0 Å². The summed E-state index contributed by atoms with van der Waals surface area (Å²) in [4.78, 5) is 0. The summed E-state index contributed by atoms with van der Waals surface area (Å²) < 4.78 is 1.88. The van der Waals surface area contributed by atoms with Crippen LogP contribution in [0.25, 0.3) is 5.69 Å². The summed E-state index contributed by atoms with van der Waals surface area (Å²) in [5.41, 5.74) is 3.18. The number of hydrogen-bond donors (Lipinski definition) is 1. The highest BCUT2D eigenvalue weighted by Gasteiger charge is 2.09. The van der Waals surface area contributed by atoms with Crippen molar-refractivity contribution in [1.82, 2.24) is 9.78 Å². The molecule has 0 fully saturated rings. The molecule has 1 heterocycles. The van der Waals surface area contributed by atoms with Gasteiger partial charge in [0.2, 0.25) is 0 Å². The summed E-state index contributed by atoms with van der Waals surface area (Å²) in [7, 11) is 0. The Morgan fingerprint density at radius 1 is 1.10 bits per heavy atom. The second-order valence-corrected chi connectivity index (χ2v) is 5.37. The smallest absolute Gasteiger partial charge is 0.0645 e. The van der Waals surface area contributed by atoms with Crippen LogP contribution in [0.1, 0.15) is 18.5 Å². The third-order valence-corrected chi connectivity index (χ3v) is 3.57. The van der Waals surface area contributed by atoms with E-state index < -0.39 is 0 Å². The molecule has 0 saturated carbocycles. The second kappa shape index (κ2) is 6.02. The molecule has 0 amide bonds. The molecule has 0 saturated heterocycles. The van der Waals surface area contributed by atoms with Gasteiger partial charge in [0.25, 0.3) is 0 Å². The molecule has 0 spiro atoms. The number of para-hydroxylation sites is 1. The molecule has 1 unspecified atom stereocenters. The van der Waals surface area contributed by atoms with Crippen LogP contribution in [-0.2, 0) is 0 Å². The van der Waals surface area contributed by atoms with Crippen molar-refractivity contribution in [3.63, 3.8) is 0 Å². The van der Waals surface area contributed by atoms with Gasteiger partial charge in [-0.05, 0) is 37.3 Å². The highest BCUT2D eigenvalue weighted by Crippen LogP contribution is 2.22. The number of rotatable bonds is 4. The lowest BCUT2D eigenvalue weighted by atomic mass is 10.2. The lowest BCUT2D eigenvalue weighted by Gasteiger charge is -2.13. The van der Waals surface area contributed by atoms with E-state index in [2.05, 4.69) is 17.3 Å². The number of benzene rings is 2. The van der Waals surface area contributed by atoms with Crippen molar-refractivity contribution in [2.45, 2.75) is 13.0 Å². The predicted molar refractivity (Wildman–Crippen MR) is 87.1 cm³/mol. The van der Waals surface area contributed by atoms with Gasteiger partial charge in [-0.3, -0.25) is 0 Å². The van der Waals surface area contributed by atoms with Gasteiger partial charge in [0.05, 0.1) is 17.9 Å². The van der Waals surface area contributed by atoms with Gasteiger partial charge in [-0.25, -0.2) is 4.68 Å². The van der Waals surface area contributed by atoms with Crippen molar-refractivity contribution in [2.24, 2.45) is 0 Å². The van der Waals surface area contributed by atoms with E-state index in [1.54, 1.807) is 0 Å². The Hall–Kier alpha value is -2.26. The Morgan fingerprint density at radius 3 is 2.67 bits per heavy atom. The Balaban J connectivity index is 1.77. The van der Waals surface area contributed by atoms with Crippen LogP contribution in [-0.4, -0.2) is 9.78 Å². The first-order valence-corrected chi connectivity index (χ1v) is 7.22. The van der Waals surface area contributed by atoms with Crippen molar-refractivity contribution in [3.05, 3.63) is 77.6 Å². The fraction of sp³-hybridized carbons (Fsp3) is 0.118. The zero-order valence-corrected chi connectivity index (χ0v) is 12.5. The largest absolute Gasteiger partial charge is 0.378 e. The maximum absolute atomic E-state index is 6.00. The van der Waals surface area contributed by atoms with E-state index in [-0.39, 0.29) is 6.04 Å². The number of halogens is 1. The second-order valence-electron chi connectivity index (χ2n) is 4.93. The van der Waals surface area contributed by atoms with E-state index in [0.29, 0.717) is 0 Å². The zero-order valence-electron chi connectivity index (χ0n) is 11.7. The van der Waals surface area contributed by atoms with Gasteiger partial charge in [0, 0.05) is 22.5 Å². The number of nitrogens with one attached hydrogen (secondary N) is 1. The molecule has 1 aromatic heterocycles. The van der Waals surface area contributed by atoms with Crippen molar-refractivity contribution in [1.29, 1.82) is 0 Å². The molecule has 0 aliphatic rings. The minimum Gasteiger partial charge on any atom is -0.378 e. The lowest BCUT2D eigenvalue weighted by molar-refractivity contribution is 0.868. The predicted octanol–water partition coefficient (Wildman–Crippen LogP) is 4.70. The number of anilines is 1. The zero-order chi connectivity index (χ0) is 14.7. The maximum atomic E-state index is 6.00. The molecule has 0 aliphatic heterocycles. The fourth-order valence-electron chi connectivity index (χ4n) is 2.19. The van der Waals surface area contributed by atoms with E-state index >= 15 is 0 Å². The summed E-state index contributed by atoms with van der Waals surface area (Å²) in [6, 6.07) is 17.9. The van der Waals surface area contributed by atoms with Gasteiger partial charge in [-0.2, -0.15) is 5.10 Å². The summed E-state index contributed by atoms with van der Waals surface area (Å²) in [5.74, 6) is 0. The quantitative estimate of drug-likeness (QED) is 0.756. The Morgan fingerprint density at radius 2 is 1.90 bits per heavy atom. The maximum Gasteiger partial charge on any atom is 0.0645 e. The molecule has 3 nitrogen and oxygen atoms in total. The summed E-state index contributed by atoms with van der Waals surface area (Å²) in [6.07, 6.45) is 3.92. The highest BCUT2D eigenvalue weighted by molar-refractivity contribution is 6.30. The topological polar surface area (TPSA) is 29.9 Å². The minimum atomic E-state index is 0.154. The van der Waals surface area contributed by atoms with Crippen LogP contribution in [0.2, 0.25) is 5.02 Å². The molecule has 1 N–H and O–H groups in total. The summed E-state index contributed by atoms with van der Waals surface area (Å²) in [5, 5.41) is 8.57. The first-order chi connectivity index (χ1) is 10.2. The van der Waals surface area contributed by atoms with Crippen molar-refractivity contribution in [2.75, 3.05) is 5.32 Å². The molecule has 4 heteroatoms. The average Bonchev–Trinajstić information content (AvgIpc) is 2.98. The van der Waals surface area contributed by atoms with Gasteiger partial charge < -0.3 is 5.32 Å². The van der Waals surface area contributed by atoms with E-state index in [0.717, 1.165) is 22.0 Å². The Labute approximate surface area is 129 Å². The Bertz CT molecular complexity index is 722. The molecule has 3 aromatic rings. The van der Waals surface area contributed by atoms with Crippen LogP contribution in [0.5, 0.6) is 0 Å². The van der Waals surface area contributed by atoms with Gasteiger partial charge in [0.1, 0.15) is 0 Å². The fourth-order valence-corrected chi connectivity index (χ4v) is 2.38. The van der Waals surface area contributed by atoms with Crippen molar-refractivity contribution in [3.8, 4) is 5.69 Å². The number of nitrogens with zero attached hydrogens (tertiary/aromatic N) is 2. The van der Waals surface area contributed by atoms with E-state index in [1.165, 1.54) is 0 Å². The molecule has 0 aliphatic carbocycles. The molecule has 106 valence electrons. The monoisotopic (exact) mass is 297 g/mol.